The minimum atomic E-state index is 0.640. The van der Waals surface area contributed by atoms with Crippen LogP contribution in [0.2, 0.25) is 0 Å². The van der Waals surface area contributed by atoms with Crippen LogP contribution >= 0.6 is 11.3 Å². The first-order chi connectivity index (χ1) is 8.74. The molecule has 1 heterocycles. The topological polar surface area (TPSA) is 31.4 Å². The van der Waals surface area contributed by atoms with E-state index in [9.17, 15) is 0 Å². The molecule has 0 atom stereocenters. The highest BCUT2D eigenvalue weighted by atomic mass is 32.1. The molecule has 2 aromatic rings. The van der Waals surface area contributed by atoms with Crippen molar-refractivity contribution in [1.29, 1.82) is 0 Å². The summed E-state index contributed by atoms with van der Waals surface area (Å²) in [5, 5.41) is 1.05. The van der Waals surface area contributed by atoms with Gasteiger partial charge in [-0.05, 0) is 26.8 Å². The predicted octanol–water partition coefficient (Wildman–Crippen LogP) is 4.43. The number of benzene rings is 1. The van der Waals surface area contributed by atoms with Crippen molar-refractivity contribution >= 4 is 21.6 Å². The number of rotatable bonds is 4. The molecule has 3 nitrogen and oxygen atoms in total. The lowest BCUT2D eigenvalue weighted by atomic mass is 10.3. The molecule has 0 bridgehead atoms. The van der Waals surface area contributed by atoms with Gasteiger partial charge in [0.05, 0.1) is 22.9 Å². The van der Waals surface area contributed by atoms with E-state index >= 15 is 0 Å². The monoisotopic (exact) mass is 267 g/mol. The number of nitrogens with zero attached hydrogens (tertiary/aromatic N) is 1. The third kappa shape index (κ3) is 3.35. The van der Waals surface area contributed by atoms with Gasteiger partial charge in [-0.1, -0.05) is 13.8 Å². The Morgan fingerprint density at radius 3 is 2.39 bits per heavy atom. The Bertz CT molecular complexity index is 494. The zero-order valence-corrected chi connectivity index (χ0v) is 12.6. The van der Waals surface area contributed by atoms with Gasteiger partial charge in [0, 0.05) is 6.07 Å². The van der Waals surface area contributed by atoms with E-state index in [1.54, 1.807) is 11.3 Å². The molecule has 100 valence electrons. The molecular weight excluding hydrogens is 246 g/mol. The van der Waals surface area contributed by atoms with E-state index in [2.05, 4.69) is 4.98 Å². The van der Waals surface area contributed by atoms with E-state index in [0.29, 0.717) is 13.2 Å². The summed E-state index contributed by atoms with van der Waals surface area (Å²) in [6, 6.07) is 3.93. The smallest absolute Gasteiger partial charge is 0.150 e. The van der Waals surface area contributed by atoms with E-state index in [1.165, 1.54) is 0 Å². The van der Waals surface area contributed by atoms with E-state index in [-0.39, 0.29) is 0 Å². The average Bonchev–Trinajstić information content (AvgIpc) is 2.73. The van der Waals surface area contributed by atoms with Crippen LogP contribution in [-0.4, -0.2) is 18.2 Å². The fraction of sp³-hybridized carbons (Fsp3) is 0.500. The zero-order chi connectivity index (χ0) is 13.5. The summed E-state index contributed by atoms with van der Waals surface area (Å²) >= 11 is 1.66. The maximum atomic E-state index is 5.58. The van der Waals surface area contributed by atoms with Gasteiger partial charge < -0.3 is 9.47 Å². The van der Waals surface area contributed by atoms with E-state index in [4.69, 9.17) is 9.47 Å². The highest BCUT2D eigenvalue weighted by Crippen LogP contribution is 2.34. The third-order valence-electron chi connectivity index (χ3n) is 2.15. The number of hydrogen-bond acceptors (Lipinski definition) is 4. The number of fused-ring (bicyclic) bond motifs is 1. The first-order valence-corrected chi connectivity index (χ1v) is 7.23. The molecule has 0 aliphatic carbocycles. The molecule has 18 heavy (non-hydrogen) atoms. The molecule has 0 saturated carbocycles. The summed E-state index contributed by atoms with van der Waals surface area (Å²) in [5.74, 6) is 1.66. The van der Waals surface area contributed by atoms with Crippen LogP contribution in [0.25, 0.3) is 10.2 Å². The van der Waals surface area contributed by atoms with E-state index < -0.39 is 0 Å². The first kappa shape index (κ1) is 14.8. The Balaban J connectivity index is 0.000000771. The summed E-state index contributed by atoms with van der Waals surface area (Å²) in [7, 11) is 0. The minimum absolute atomic E-state index is 0.640. The Hall–Kier alpha value is -1.29. The van der Waals surface area contributed by atoms with Crippen molar-refractivity contribution in [3.63, 3.8) is 0 Å². The van der Waals surface area contributed by atoms with Gasteiger partial charge >= 0.3 is 0 Å². The van der Waals surface area contributed by atoms with Crippen LogP contribution in [0.1, 0.15) is 32.7 Å². The average molecular weight is 267 g/mol. The number of ether oxygens (including phenoxy) is 2. The minimum Gasteiger partial charge on any atom is -0.494 e. The van der Waals surface area contributed by atoms with Gasteiger partial charge in [-0.2, -0.15) is 0 Å². The molecule has 0 N–H and O–H groups in total. The summed E-state index contributed by atoms with van der Waals surface area (Å²) < 4.78 is 12.2. The molecule has 0 unspecified atom stereocenters. The fourth-order valence-electron chi connectivity index (χ4n) is 1.60. The van der Waals surface area contributed by atoms with Gasteiger partial charge in [-0.15, -0.1) is 11.3 Å². The zero-order valence-electron chi connectivity index (χ0n) is 11.7. The van der Waals surface area contributed by atoms with Crippen molar-refractivity contribution in [2.75, 3.05) is 13.2 Å². The number of aryl methyl sites for hydroxylation is 1. The lowest BCUT2D eigenvalue weighted by molar-refractivity contribution is 0.326. The predicted molar refractivity (Wildman–Crippen MR) is 78.0 cm³/mol. The maximum absolute atomic E-state index is 5.58. The van der Waals surface area contributed by atoms with Crippen molar-refractivity contribution in [3.8, 4) is 11.5 Å². The lowest BCUT2D eigenvalue weighted by Gasteiger charge is -2.07. The van der Waals surface area contributed by atoms with E-state index in [0.717, 1.165) is 26.7 Å². The highest BCUT2D eigenvalue weighted by molar-refractivity contribution is 7.18. The Morgan fingerprint density at radius 1 is 1.11 bits per heavy atom. The Kier molecular flexibility index (Phi) is 5.92. The van der Waals surface area contributed by atoms with Crippen LogP contribution in [0.3, 0.4) is 0 Å². The molecular formula is C14H21NO2S. The van der Waals surface area contributed by atoms with Crippen molar-refractivity contribution in [2.24, 2.45) is 0 Å². The molecule has 1 aromatic heterocycles. The summed E-state index contributed by atoms with van der Waals surface area (Å²) in [6.07, 6.45) is 0. The van der Waals surface area contributed by atoms with Gasteiger partial charge in [0.15, 0.2) is 0 Å². The van der Waals surface area contributed by atoms with Crippen LogP contribution in [-0.2, 0) is 0 Å². The van der Waals surface area contributed by atoms with Crippen molar-refractivity contribution in [3.05, 3.63) is 17.1 Å². The van der Waals surface area contributed by atoms with Crippen LogP contribution in [0, 0.1) is 6.92 Å². The van der Waals surface area contributed by atoms with Gasteiger partial charge in [0.25, 0.3) is 0 Å². The number of thiazole rings is 1. The fourth-order valence-corrected chi connectivity index (χ4v) is 2.47. The van der Waals surface area contributed by atoms with Crippen molar-refractivity contribution in [2.45, 2.75) is 34.6 Å². The summed E-state index contributed by atoms with van der Waals surface area (Å²) in [5.41, 5.74) is 0.938. The molecule has 0 saturated heterocycles. The first-order valence-electron chi connectivity index (χ1n) is 6.41. The van der Waals surface area contributed by atoms with Crippen LogP contribution in [0.4, 0.5) is 0 Å². The van der Waals surface area contributed by atoms with Gasteiger partial charge in [-0.3, -0.25) is 0 Å². The normalized spacial score (nSPS) is 9.83. The molecule has 2 rings (SSSR count). The molecule has 0 aliphatic rings. The second-order valence-corrected chi connectivity index (χ2v) is 4.60. The standard InChI is InChI=1S/C12H15NO2S.C2H6/c1-4-14-9-6-10(15-5-2)12-11(7-9)16-8(3)13-12;1-2/h6-7H,4-5H2,1-3H3;1-2H3. The van der Waals surface area contributed by atoms with Gasteiger partial charge in [0.2, 0.25) is 0 Å². The number of hydrogen-bond donors (Lipinski definition) is 0. The van der Waals surface area contributed by atoms with Crippen molar-refractivity contribution < 1.29 is 9.47 Å². The third-order valence-corrected chi connectivity index (χ3v) is 3.07. The van der Waals surface area contributed by atoms with Crippen molar-refractivity contribution in [1.82, 2.24) is 4.98 Å². The van der Waals surface area contributed by atoms with Crippen LogP contribution < -0.4 is 9.47 Å². The van der Waals surface area contributed by atoms with Crippen LogP contribution in [0.15, 0.2) is 12.1 Å². The van der Waals surface area contributed by atoms with Gasteiger partial charge in [0.1, 0.15) is 17.0 Å². The number of aromatic nitrogens is 1. The largest absolute Gasteiger partial charge is 0.494 e. The molecule has 1 aromatic carbocycles. The molecule has 0 spiro atoms. The van der Waals surface area contributed by atoms with Crippen LogP contribution in [0.5, 0.6) is 11.5 Å². The Morgan fingerprint density at radius 2 is 1.78 bits per heavy atom. The molecule has 0 amide bonds. The Labute approximate surface area is 113 Å². The second-order valence-electron chi connectivity index (χ2n) is 3.37. The SMILES string of the molecule is CC.CCOc1cc(OCC)c2nc(C)sc2c1. The lowest BCUT2D eigenvalue weighted by Crippen LogP contribution is -1.95. The molecule has 0 radical (unpaired) electrons. The molecule has 0 fully saturated rings. The summed E-state index contributed by atoms with van der Waals surface area (Å²) in [6.45, 7) is 11.2. The quantitative estimate of drug-likeness (QED) is 0.821. The second kappa shape index (κ2) is 7.21. The van der Waals surface area contributed by atoms with E-state index in [1.807, 2.05) is 46.8 Å². The van der Waals surface area contributed by atoms with Gasteiger partial charge in [-0.25, -0.2) is 4.98 Å². The highest BCUT2D eigenvalue weighted by Gasteiger charge is 2.10. The molecule has 4 heteroatoms. The maximum Gasteiger partial charge on any atom is 0.150 e. The molecule has 0 aliphatic heterocycles. The summed E-state index contributed by atoms with van der Waals surface area (Å²) in [4.78, 5) is 4.47.